The summed E-state index contributed by atoms with van der Waals surface area (Å²) in [6.07, 6.45) is 1.37. The van der Waals surface area contributed by atoms with Gasteiger partial charge >= 0.3 is 0 Å². The molecule has 1 aliphatic heterocycles. The molecule has 0 amide bonds. The molecule has 20 heavy (non-hydrogen) atoms. The number of aryl methyl sites for hydroxylation is 1. The van der Waals surface area contributed by atoms with Crippen LogP contribution in [0.15, 0.2) is 0 Å². The van der Waals surface area contributed by atoms with E-state index < -0.39 is 0 Å². The molecule has 2 rings (SSSR count). The Kier molecular flexibility index (Phi) is 5.04. The summed E-state index contributed by atoms with van der Waals surface area (Å²) in [5, 5.41) is 4.69. The summed E-state index contributed by atoms with van der Waals surface area (Å²) in [5.74, 6) is 0. The topological polar surface area (TPSA) is 37.4 Å². The first kappa shape index (κ1) is 15.7. The van der Waals surface area contributed by atoms with E-state index in [1.807, 2.05) is 11.3 Å². The standard InChI is InChI=1S/C15H27N3OS/c1-11-10-18(7-6-8-19-11)14-17-12(2)13(20-14)9-16-15(3,4)5/h11,16H,6-10H2,1-5H3. The molecule has 5 heteroatoms. The number of nitrogens with zero attached hydrogens (tertiary/aromatic N) is 2. The van der Waals surface area contributed by atoms with Crippen molar-refractivity contribution >= 4 is 16.5 Å². The lowest BCUT2D eigenvalue weighted by atomic mass is 10.1. The van der Waals surface area contributed by atoms with E-state index in [9.17, 15) is 0 Å². The van der Waals surface area contributed by atoms with Gasteiger partial charge in [0.1, 0.15) is 0 Å². The van der Waals surface area contributed by atoms with Gasteiger partial charge in [-0.15, -0.1) is 11.3 Å². The molecule has 1 N–H and O–H groups in total. The quantitative estimate of drug-likeness (QED) is 0.931. The van der Waals surface area contributed by atoms with Crippen molar-refractivity contribution in [1.82, 2.24) is 10.3 Å². The molecule has 114 valence electrons. The van der Waals surface area contributed by atoms with Gasteiger partial charge in [0.25, 0.3) is 0 Å². The lowest BCUT2D eigenvalue weighted by Crippen LogP contribution is -2.34. The second-order valence-electron chi connectivity index (χ2n) is 6.59. The zero-order chi connectivity index (χ0) is 14.8. The summed E-state index contributed by atoms with van der Waals surface area (Å²) in [5.41, 5.74) is 1.29. The first-order valence-corrected chi connectivity index (χ1v) is 8.25. The third-order valence-corrected chi connectivity index (χ3v) is 4.60. The second kappa shape index (κ2) is 6.41. The first-order chi connectivity index (χ1) is 9.35. The summed E-state index contributed by atoms with van der Waals surface area (Å²) in [6, 6.07) is 0. The van der Waals surface area contributed by atoms with Crippen molar-refractivity contribution < 1.29 is 4.74 Å². The Hall–Kier alpha value is -0.650. The molecule has 1 saturated heterocycles. The highest BCUT2D eigenvalue weighted by molar-refractivity contribution is 7.15. The molecule has 0 saturated carbocycles. The molecule has 1 aromatic rings. The minimum Gasteiger partial charge on any atom is -0.377 e. The lowest BCUT2D eigenvalue weighted by molar-refractivity contribution is 0.0821. The highest BCUT2D eigenvalue weighted by atomic mass is 32.1. The summed E-state index contributed by atoms with van der Waals surface area (Å²) in [7, 11) is 0. The van der Waals surface area contributed by atoms with Gasteiger partial charge in [0, 0.05) is 36.7 Å². The fourth-order valence-electron chi connectivity index (χ4n) is 2.23. The molecular weight excluding hydrogens is 270 g/mol. The highest BCUT2D eigenvalue weighted by Crippen LogP contribution is 2.27. The van der Waals surface area contributed by atoms with Crippen molar-refractivity contribution in [2.75, 3.05) is 24.6 Å². The van der Waals surface area contributed by atoms with Gasteiger partial charge in [-0.25, -0.2) is 4.98 Å². The van der Waals surface area contributed by atoms with Crippen LogP contribution >= 0.6 is 11.3 Å². The number of ether oxygens (including phenoxy) is 1. The molecule has 1 atom stereocenters. The summed E-state index contributed by atoms with van der Waals surface area (Å²) in [6.45, 7) is 14.6. The third kappa shape index (κ3) is 4.43. The molecule has 0 spiro atoms. The molecule has 4 nitrogen and oxygen atoms in total. The Bertz CT molecular complexity index is 439. The highest BCUT2D eigenvalue weighted by Gasteiger charge is 2.20. The van der Waals surface area contributed by atoms with Crippen LogP contribution in [-0.4, -0.2) is 36.3 Å². The molecule has 1 unspecified atom stereocenters. The predicted molar refractivity (Wildman–Crippen MR) is 85.7 cm³/mol. The van der Waals surface area contributed by atoms with Crippen molar-refractivity contribution in [3.63, 3.8) is 0 Å². The molecule has 0 aliphatic carbocycles. The van der Waals surface area contributed by atoms with Gasteiger partial charge in [-0.3, -0.25) is 0 Å². The maximum Gasteiger partial charge on any atom is 0.185 e. The van der Waals surface area contributed by atoms with E-state index >= 15 is 0 Å². The summed E-state index contributed by atoms with van der Waals surface area (Å²) >= 11 is 1.81. The monoisotopic (exact) mass is 297 g/mol. The van der Waals surface area contributed by atoms with Crippen LogP contribution in [0.3, 0.4) is 0 Å². The van der Waals surface area contributed by atoms with Crippen molar-refractivity contribution in [2.24, 2.45) is 0 Å². The van der Waals surface area contributed by atoms with Crippen LogP contribution in [0.2, 0.25) is 0 Å². The number of nitrogens with one attached hydrogen (secondary N) is 1. The van der Waals surface area contributed by atoms with Gasteiger partial charge in [0.2, 0.25) is 0 Å². The fraction of sp³-hybridized carbons (Fsp3) is 0.800. The molecule has 1 aromatic heterocycles. The average molecular weight is 297 g/mol. The third-order valence-electron chi connectivity index (χ3n) is 3.38. The van der Waals surface area contributed by atoms with E-state index in [-0.39, 0.29) is 11.6 Å². The van der Waals surface area contributed by atoms with Crippen molar-refractivity contribution in [3.8, 4) is 0 Å². The van der Waals surface area contributed by atoms with Crippen molar-refractivity contribution in [3.05, 3.63) is 10.6 Å². The van der Waals surface area contributed by atoms with Crippen molar-refractivity contribution in [1.29, 1.82) is 0 Å². The number of hydrogen-bond donors (Lipinski definition) is 1. The van der Waals surface area contributed by atoms with Gasteiger partial charge in [-0.05, 0) is 41.0 Å². The van der Waals surface area contributed by atoms with Gasteiger partial charge in [0.15, 0.2) is 5.13 Å². The van der Waals surface area contributed by atoms with E-state index in [4.69, 9.17) is 9.72 Å². The Labute approximate surface area is 126 Å². The fourth-order valence-corrected chi connectivity index (χ4v) is 3.26. The number of thiazole rings is 1. The molecule has 1 fully saturated rings. The van der Waals surface area contributed by atoms with Gasteiger partial charge in [-0.1, -0.05) is 0 Å². The molecule has 1 aliphatic rings. The normalized spacial score (nSPS) is 21.1. The Balaban J connectivity index is 2.05. The van der Waals surface area contributed by atoms with E-state index in [0.717, 1.165) is 43.5 Å². The molecule has 2 heterocycles. The van der Waals surface area contributed by atoms with E-state index in [1.165, 1.54) is 4.88 Å². The SMILES string of the molecule is Cc1nc(N2CCCOC(C)C2)sc1CNC(C)(C)C. The predicted octanol–water partition coefficient (Wildman–Crippen LogP) is 2.95. The van der Waals surface area contributed by atoms with E-state index in [2.05, 4.69) is 44.8 Å². The second-order valence-corrected chi connectivity index (χ2v) is 7.65. The van der Waals surface area contributed by atoms with Crippen LogP contribution in [-0.2, 0) is 11.3 Å². The van der Waals surface area contributed by atoms with Crippen LogP contribution in [0, 0.1) is 6.92 Å². The molecule has 0 bridgehead atoms. The van der Waals surface area contributed by atoms with Crippen LogP contribution in [0.1, 0.15) is 44.7 Å². The lowest BCUT2D eigenvalue weighted by Gasteiger charge is -2.21. The summed E-state index contributed by atoms with van der Waals surface area (Å²) < 4.78 is 5.71. The summed E-state index contributed by atoms with van der Waals surface area (Å²) in [4.78, 5) is 8.47. The zero-order valence-corrected chi connectivity index (χ0v) is 14.1. The number of anilines is 1. The van der Waals surface area contributed by atoms with E-state index in [1.54, 1.807) is 0 Å². The molecule has 0 radical (unpaired) electrons. The minimum absolute atomic E-state index is 0.140. The average Bonchev–Trinajstić information content (AvgIpc) is 2.56. The minimum atomic E-state index is 0.140. The Morgan fingerprint density at radius 1 is 1.45 bits per heavy atom. The Morgan fingerprint density at radius 2 is 2.20 bits per heavy atom. The van der Waals surface area contributed by atoms with Crippen LogP contribution in [0.25, 0.3) is 0 Å². The van der Waals surface area contributed by atoms with Crippen LogP contribution in [0.5, 0.6) is 0 Å². The smallest absolute Gasteiger partial charge is 0.185 e. The van der Waals surface area contributed by atoms with Crippen molar-refractivity contribution in [2.45, 2.75) is 59.2 Å². The van der Waals surface area contributed by atoms with E-state index in [0.29, 0.717) is 0 Å². The largest absolute Gasteiger partial charge is 0.377 e. The van der Waals surface area contributed by atoms with Gasteiger partial charge in [-0.2, -0.15) is 0 Å². The van der Waals surface area contributed by atoms with Crippen LogP contribution in [0.4, 0.5) is 5.13 Å². The number of aromatic nitrogens is 1. The maximum absolute atomic E-state index is 5.71. The molecule has 0 aromatic carbocycles. The maximum atomic E-state index is 5.71. The number of rotatable bonds is 3. The van der Waals surface area contributed by atoms with Gasteiger partial charge in [0.05, 0.1) is 11.8 Å². The molecular formula is C15H27N3OS. The van der Waals surface area contributed by atoms with Crippen LogP contribution < -0.4 is 10.2 Å². The Morgan fingerprint density at radius 3 is 2.90 bits per heavy atom. The van der Waals surface area contributed by atoms with Gasteiger partial charge < -0.3 is 15.0 Å². The number of hydrogen-bond acceptors (Lipinski definition) is 5. The zero-order valence-electron chi connectivity index (χ0n) is 13.3. The first-order valence-electron chi connectivity index (χ1n) is 7.43.